The number of sulfonamides is 1. The lowest BCUT2D eigenvalue weighted by Gasteiger charge is -2.25. The van der Waals surface area contributed by atoms with Crippen molar-refractivity contribution < 1.29 is 17.9 Å². The Morgan fingerprint density at radius 2 is 1.92 bits per heavy atom. The summed E-state index contributed by atoms with van der Waals surface area (Å²) in [6, 6.07) is 8.50. The fourth-order valence-corrected chi connectivity index (χ4v) is 3.85. The Morgan fingerprint density at radius 3 is 2.44 bits per heavy atom. The molecule has 25 heavy (non-hydrogen) atoms. The average Bonchev–Trinajstić information content (AvgIpc) is 3.00. The van der Waals surface area contributed by atoms with Gasteiger partial charge in [0.25, 0.3) is 0 Å². The highest BCUT2D eigenvalue weighted by Gasteiger charge is 2.24. The third-order valence-corrected chi connectivity index (χ3v) is 5.52. The zero-order chi connectivity index (χ0) is 18.6. The molecule has 1 aromatic heterocycles. The summed E-state index contributed by atoms with van der Waals surface area (Å²) >= 11 is 0. The van der Waals surface area contributed by atoms with Crippen LogP contribution in [0, 0.1) is 0 Å². The van der Waals surface area contributed by atoms with E-state index in [0.29, 0.717) is 5.75 Å². The number of rotatable bonds is 8. The van der Waals surface area contributed by atoms with Crippen molar-refractivity contribution in [1.82, 2.24) is 14.2 Å². The Kier molecular flexibility index (Phi) is 6.10. The Hall–Kier alpha value is -2.03. The molecule has 0 saturated heterocycles. The van der Waals surface area contributed by atoms with Crippen molar-refractivity contribution in [1.29, 1.82) is 0 Å². The van der Waals surface area contributed by atoms with Gasteiger partial charge in [-0.3, -0.25) is 4.90 Å². The largest absolute Gasteiger partial charge is 0.497 e. The maximum Gasteiger partial charge on any atom is 0.244 e. The van der Waals surface area contributed by atoms with Crippen molar-refractivity contribution in [3.8, 4) is 11.5 Å². The third-order valence-electron chi connectivity index (χ3n) is 4.08. The number of hydrogen-bond donors (Lipinski definition) is 1. The summed E-state index contributed by atoms with van der Waals surface area (Å²) in [4.78, 5) is 2.03. The lowest BCUT2D eigenvalue weighted by Crippen LogP contribution is -2.35. The van der Waals surface area contributed by atoms with Crippen molar-refractivity contribution in [2.75, 3.05) is 34.9 Å². The van der Waals surface area contributed by atoms with Gasteiger partial charge in [0.2, 0.25) is 10.0 Å². The van der Waals surface area contributed by atoms with Crippen molar-refractivity contribution in [2.45, 2.75) is 10.9 Å². The van der Waals surface area contributed by atoms with Gasteiger partial charge in [-0.05, 0) is 38.4 Å². The first-order chi connectivity index (χ1) is 11.8. The molecule has 1 unspecified atom stereocenters. The molecule has 0 bridgehead atoms. The maximum absolute atomic E-state index is 12.8. The molecule has 0 radical (unpaired) electrons. The predicted molar refractivity (Wildman–Crippen MR) is 96.6 cm³/mol. The summed E-state index contributed by atoms with van der Waals surface area (Å²) in [6.45, 7) is 0.230. The second kappa shape index (κ2) is 7.90. The van der Waals surface area contributed by atoms with Crippen LogP contribution in [0.2, 0.25) is 0 Å². The fraction of sp³-hybridized carbons (Fsp3) is 0.412. The van der Waals surface area contributed by atoms with Gasteiger partial charge in [-0.1, -0.05) is 0 Å². The van der Waals surface area contributed by atoms with E-state index >= 15 is 0 Å². The molecule has 7 nitrogen and oxygen atoms in total. The van der Waals surface area contributed by atoms with E-state index in [1.807, 2.05) is 48.9 Å². The number of hydrogen-bond acceptors (Lipinski definition) is 5. The monoisotopic (exact) mass is 367 g/mol. The van der Waals surface area contributed by atoms with E-state index in [1.165, 1.54) is 20.3 Å². The third kappa shape index (κ3) is 4.33. The van der Waals surface area contributed by atoms with Gasteiger partial charge in [-0.25, -0.2) is 13.1 Å². The van der Waals surface area contributed by atoms with E-state index in [-0.39, 0.29) is 23.2 Å². The normalized spacial score (nSPS) is 13.0. The summed E-state index contributed by atoms with van der Waals surface area (Å²) in [5.74, 6) is 0.723. The number of aromatic nitrogens is 1. The highest BCUT2D eigenvalue weighted by Crippen LogP contribution is 2.28. The predicted octanol–water partition coefficient (Wildman–Crippen LogP) is 1.62. The Bertz CT molecular complexity index is 815. The second-order valence-corrected chi connectivity index (χ2v) is 7.63. The quantitative estimate of drug-likeness (QED) is 0.768. The molecule has 0 aliphatic heterocycles. The smallest absolute Gasteiger partial charge is 0.244 e. The van der Waals surface area contributed by atoms with Gasteiger partial charge < -0.3 is 14.0 Å². The molecule has 1 N–H and O–H groups in total. The van der Waals surface area contributed by atoms with Crippen LogP contribution in [-0.2, 0) is 17.1 Å². The first-order valence-electron chi connectivity index (χ1n) is 7.79. The van der Waals surface area contributed by atoms with Crippen LogP contribution < -0.4 is 14.2 Å². The van der Waals surface area contributed by atoms with Crippen molar-refractivity contribution >= 4 is 10.0 Å². The van der Waals surface area contributed by atoms with Crippen molar-refractivity contribution in [2.24, 2.45) is 7.05 Å². The molecule has 2 rings (SSSR count). The zero-order valence-corrected chi connectivity index (χ0v) is 16.0. The molecule has 8 heteroatoms. The van der Waals surface area contributed by atoms with Crippen LogP contribution in [0.3, 0.4) is 0 Å². The second-order valence-electron chi connectivity index (χ2n) is 5.89. The van der Waals surface area contributed by atoms with Crippen molar-refractivity contribution in [3.63, 3.8) is 0 Å². The van der Waals surface area contributed by atoms with Gasteiger partial charge in [-0.2, -0.15) is 0 Å². The van der Waals surface area contributed by atoms with Crippen LogP contribution in [-0.4, -0.2) is 52.7 Å². The van der Waals surface area contributed by atoms with Crippen molar-refractivity contribution in [3.05, 3.63) is 42.2 Å². The van der Waals surface area contributed by atoms with Crippen LogP contribution >= 0.6 is 0 Å². The minimum absolute atomic E-state index is 0.0544. The molecule has 0 fully saturated rings. The Balaban J connectivity index is 2.28. The lowest BCUT2D eigenvalue weighted by atomic mass is 10.2. The van der Waals surface area contributed by atoms with Gasteiger partial charge in [-0.15, -0.1) is 0 Å². The van der Waals surface area contributed by atoms with Crippen LogP contribution in [0.25, 0.3) is 0 Å². The number of nitrogens with one attached hydrogen (secondary N) is 1. The number of likely N-dealkylation sites (N-methyl/N-ethyl adjacent to an activating group) is 1. The highest BCUT2D eigenvalue weighted by molar-refractivity contribution is 7.89. The lowest BCUT2D eigenvalue weighted by molar-refractivity contribution is 0.289. The SMILES string of the molecule is COc1ccc(OC)c(S(=O)(=O)NCC(c2cccn2C)N(C)C)c1. The van der Waals surface area contributed by atoms with E-state index in [9.17, 15) is 8.42 Å². The molecule has 138 valence electrons. The van der Waals surface area contributed by atoms with Crippen LogP contribution in [0.15, 0.2) is 41.4 Å². The zero-order valence-electron chi connectivity index (χ0n) is 15.2. The van der Waals surface area contributed by atoms with Crippen LogP contribution in [0.5, 0.6) is 11.5 Å². The van der Waals surface area contributed by atoms with Gasteiger partial charge in [0.05, 0.1) is 20.3 Å². The van der Waals surface area contributed by atoms with E-state index in [0.717, 1.165) is 5.69 Å². The summed E-state index contributed by atoms with van der Waals surface area (Å²) in [6.07, 6.45) is 1.94. The Labute approximate surface area is 149 Å². The minimum atomic E-state index is -3.76. The topological polar surface area (TPSA) is 72.8 Å². The number of nitrogens with zero attached hydrogens (tertiary/aromatic N) is 2. The molecule has 0 saturated carbocycles. The molecule has 0 amide bonds. The van der Waals surface area contributed by atoms with Gasteiger partial charge in [0, 0.05) is 31.5 Å². The summed E-state index contributed by atoms with van der Waals surface area (Å²) in [7, 11) is 4.93. The summed E-state index contributed by atoms with van der Waals surface area (Å²) in [5, 5.41) is 0. The molecule has 0 spiro atoms. The molecule has 1 aromatic carbocycles. The van der Waals surface area contributed by atoms with Gasteiger partial charge >= 0.3 is 0 Å². The van der Waals surface area contributed by atoms with Gasteiger partial charge in [0.15, 0.2) is 0 Å². The van der Waals surface area contributed by atoms with E-state index in [2.05, 4.69) is 4.72 Å². The molecule has 1 heterocycles. The standard InChI is InChI=1S/C17H25N3O4S/c1-19(2)15(14-7-6-10-20(14)3)12-18-25(21,22)17-11-13(23-4)8-9-16(17)24-5/h6-11,15,18H,12H2,1-5H3. The van der Waals surface area contributed by atoms with Crippen LogP contribution in [0.1, 0.15) is 11.7 Å². The summed E-state index contributed by atoms with van der Waals surface area (Å²) in [5.41, 5.74) is 1.02. The number of benzene rings is 1. The first kappa shape index (κ1) is 19.3. The summed E-state index contributed by atoms with van der Waals surface area (Å²) < 4.78 is 40.6. The number of aryl methyl sites for hydroxylation is 1. The highest BCUT2D eigenvalue weighted by atomic mass is 32.2. The number of methoxy groups -OCH3 is 2. The molecular weight excluding hydrogens is 342 g/mol. The number of ether oxygens (including phenoxy) is 2. The molecule has 2 aromatic rings. The maximum atomic E-state index is 12.8. The molecule has 0 aliphatic carbocycles. The molecular formula is C17H25N3O4S. The van der Waals surface area contributed by atoms with E-state index < -0.39 is 10.0 Å². The van der Waals surface area contributed by atoms with E-state index in [4.69, 9.17) is 9.47 Å². The average molecular weight is 367 g/mol. The van der Waals surface area contributed by atoms with Gasteiger partial charge in [0.1, 0.15) is 16.4 Å². The Morgan fingerprint density at radius 1 is 1.20 bits per heavy atom. The fourth-order valence-electron chi connectivity index (χ4n) is 2.63. The van der Waals surface area contributed by atoms with E-state index in [1.54, 1.807) is 12.1 Å². The minimum Gasteiger partial charge on any atom is -0.497 e. The van der Waals surface area contributed by atoms with Crippen LogP contribution in [0.4, 0.5) is 0 Å². The molecule has 1 atom stereocenters. The first-order valence-corrected chi connectivity index (χ1v) is 9.27. The molecule has 0 aliphatic rings.